The van der Waals surface area contributed by atoms with E-state index in [4.69, 9.17) is 0 Å². The normalized spacial score (nSPS) is 22.0. The van der Waals surface area contributed by atoms with E-state index >= 15 is 0 Å². The van der Waals surface area contributed by atoms with Crippen LogP contribution in [0.25, 0.3) is 0 Å². The van der Waals surface area contributed by atoms with Gasteiger partial charge in [-0.25, -0.2) is 0 Å². The highest BCUT2D eigenvalue weighted by atomic mass is 16.2. The molecule has 2 atom stereocenters. The molecule has 0 bridgehead atoms. The zero-order valence-corrected chi connectivity index (χ0v) is 15.9. The Kier molecular flexibility index (Phi) is 5.23. The molecular formula is C23H27N3O. The minimum absolute atomic E-state index is 0.185. The topological polar surface area (TPSA) is 35.9 Å². The van der Waals surface area contributed by atoms with Crippen molar-refractivity contribution < 1.29 is 4.79 Å². The number of rotatable bonds is 5. The van der Waals surface area contributed by atoms with E-state index in [-0.39, 0.29) is 5.91 Å². The summed E-state index contributed by atoms with van der Waals surface area (Å²) in [5, 5.41) is 0. The highest BCUT2D eigenvalue weighted by molar-refractivity contribution is 6.00. The van der Waals surface area contributed by atoms with Crippen molar-refractivity contribution in [2.75, 3.05) is 18.0 Å². The van der Waals surface area contributed by atoms with Gasteiger partial charge >= 0.3 is 0 Å². The predicted octanol–water partition coefficient (Wildman–Crippen LogP) is 4.64. The highest BCUT2D eigenvalue weighted by Gasteiger charge is 2.33. The van der Waals surface area contributed by atoms with Gasteiger partial charge in [-0.1, -0.05) is 36.4 Å². The number of anilines is 2. The Bertz CT molecular complexity index is 763. The Morgan fingerprint density at radius 3 is 2.22 bits per heavy atom. The van der Waals surface area contributed by atoms with Crippen LogP contribution in [0.2, 0.25) is 0 Å². The average Bonchev–Trinajstić information content (AvgIpc) is 3.32. The maximum absolute atomic E-state index is 13.3. The third-order valence-corrected chi connectivity index (χ3v) is 5.79. The first-order chi connectivity index (χ1) is 13.2. The fourth-order valence-electron chi connectivity index (χ4n) is 4.47. The summed E-state index contributed by atoms with van der Waals surface area (Å²) in [5.74, 6) is 1.80. The molecule has 0 unspecified atom stereocenters. The van der Waals surface area contributed by atoms with Crippen molar-refractivity contribution in [1.82, 2.24) is 4.90 Å². The molecule has 0 aromatic heterocycles. The van der Waals surface area contributed by atoms with Crippen molar-refractivity contribution in [3.05, 3.63) is 60.7 Å². The molecule has 1 amide bonds. The monoisotopic (exact) mass is 361 g/mol. The summed E-state index contributed by atoms with van der Waals surface area (Å²) >= 11 is 0. The second-order valence-electron chi connectivity index (χ2n) is 7.56. The van der Waals surface area contributed by atoms with Gasteiger partial charge in [0.2, 0.25) is 5.91 Å². The number of hydrogen-bond donors (Lipinski definition) is 0. The van der Waals surface area contributed by atoms with E-state index in [2.05, 4.69) is 16.8 Å². The third-order valence-electron chi connectivity index (χ3n) is 5.79. The predicted molar refractivity (Wildman–Crippen MR) is 110 cm³/mol. The largest absolute Gasteiger partial charge is 0.356 e. The lowest BCUT2D eigenvalue weighted by Gasteiger charge is -2.27. The Balaban J connectivity index is 1.47. The SMILES string of the molecule is CC1=NCCN1[C@@H]1CC[C@H](CC(=O)N(c2ccccc2)c2ccccc2)C1. The lowest BCUT2D eigenvalue weighted by molar-refractivity contribution is -0.118. The number of benzene rings is 2. The smallest absolute Gasteiger partial charge is 0.231 e. The first-order valence-corrected chi connectivity index (χ1v) is 9.93. The Morgan fingerprint density at radius 1 is 1.04 bits per heavy atom. The van der Waals surface area contributed by atoms with Crippen LogP contribution in [0.3, 0.4) is 0 Å². The number of amidine groups is 1. The lowest BCUT2D eigenvalue weighted by Crippen LogP contribution is -2.35. The molecule has 4 rings (SSSR count). The number of para-hydroxylation sites is 2. The van der Waals surface area contributed by atoms with E-state index in [0.29, 0.717) is 18.4 Å². The molecule has 2 aliphatic rings. The molecule has 1 saturated carbocycles. The van der Waals surface area contributed by atoms with Crippen molar-refractivity contribution in [3.63, 3.8) is 0 Å². The fourth-order valence-corrected chi connectivity index (χ4v) is 4.47. The molecule has 0 N–H and O–H groups in total. The van der Waals surface area contributed by atoms with Gasteiger partial charge in [-0.2, -0.15) is 0 Å². The van der Waals surface area contributed by atoms with Gasteiger partial charge in [0.25, 0.3) is 0 Å². The van der Waals surface area contributed by atoms with E-state index in [1.807, 2.05) is 65.6 Å². The van der Waals surface area contributed by atoms with Crippen LogP contribution in [0.15, 0.2) is 65.7 Å². The van der Waals surface area contributed by atoms with Crippen LogP contribution in [0.1, 0.15) is 32.6 Å². The first kappa shape index (κ1) is 17.8. The molecule has 0 spiro atoms. The van der Waals surface area contributed by atoms with E-state index in [1.54, 1.807) is 0 Å². The van der Waals surface area contributed by atoms with Crippen LogP contribution in [-0.4, -0.2) is 35.8 Å². The van der Waals surface area contributed by atoms with Gasteiger partial charge in [0.15, 0.2) is 0 Å². The second-order valence-corrected chi connectivity index (χ2v) is 7.56. The van der Waals surface area contributed by atoms with E-state index in [1.165, 1.54) is 12.3 Å². The quantitative estimate of drug-likeness (QED) is 0.777. The zero-order valence-electron chi connectivity index (χ0n) is 15.9. The summed E-state index contributed by atoms with van der Waals surface area (Å²) < 4.78 is 0. The third kappa shape index (κ3) is 3.90. The van der Waals surface area contributed by atoms with Crippen LogP contribution in [0.4, 0.5) is 11.4 Å². The average molecular weight is 361 g/mol. The minimum Gasteiger partial charge on any atom is -0.356 e. The maximum atomic E-state index is 13.3. The Labute approximate surface area is 161 Å². The zero-order chi connectivity index (χ0) is 18.6. The summed E-state index contributed by atoms with van der Waals surface area (Å²) in [6, 6.07) is 20.5. The second kappa shape index (κ2) is 7.95. The molecule has 0 radical (unpaired) electrons. The van der Waals surface area contributed by atoms with Gasteiger partial charge in [0.05, 0.1) is 12.4 Å². The number of carbonyl (C=O) groups is 1. The fraction of sp³-hybridized carbons (Fsp3) is 0.391. The molecule has 1 aliphatic carbocycles. The van der Waals surface area contributed by atoms with E-state index in [0.717, 1.165) is 37.3 Å². The van der Waals surface area contributed by atoms with Gasteiger partial charge in [0.1, 0.15) is 0 Å². The van der Waals surface area contributed by atoms with Crippen LogP contribution in [-0.2, 0) is 4.79 Å². The van der Waals surface area contributed by atoms with Crippen molar-refractivity contribution >= 4 is 23.1 Å². The number of hydrogen-bond acceptors (Lipinski definition) is 3. The summed E-state index contributed by atoms with van der Waals surface area (Å²) in [5.41, 5.74) is 1.87. The maximum Gasteiger partial charge on any atom is 0.231 e. The molecule has 0 saturated heterocycles. The minimum atomic E-state index is 0.185. The van der Waals surface area contributed by atoms with Crippen LogP contribution in [0, 0.1) is 5.92 Å². The molecular weight excluding hydrogens is 334 g/mol. The summed E-state index contributed by atoms with van der Waals surface area (Å²) in [7, 11) is 0. The molecule has 2 aromatic carbocycles. The number of carbonyl (C=O) groups excluding carboxylic acids is 1. The Morgan fingerprint density at radius 2 is 1.67 bits per heavy atom. The van der Waals surface area contributed by atoms with Gasteiger partial charge in [-0.15, -0.1) is 0 Å². The molecule has 2 aromatic rings. The summed E-state index contributed by atoms with van der Waals surface area (Å²) in [4.78, 5) is 22.1. The molecule has 4 nitrogen and oxygen atoms in total. The molecule has 1 fully saturated rings. The summed E-state index contributed by atoms with van der Waals surface area (Å²) in [6.07, 6.45) is 3.99. The Hall–Kier alpha value is -2.62. The molecule has 27 heavy (non-hydrogen) atoms. The van der Waals surface area contributed by atoms with Gasteiger partial charge < -0.3 is 4.90 Å². The molecule has 4 heteroatoms. The van der Waals surface area contributed by atoms with Crippen LogP contribution in [0.5, 0.6) is 0 Å². The van der Waals surface area contributed by atoms with Gasteiger partial charge in [-0.05, 0) is 56.4 Å². The van der Waals surface area contributed by atoms with Crippen molar-refractivity contribution in [2.45, 2.75) is 38.6 Å². The van der Waals surface area contributed by atoms with Crippen molar-refractivity contribution in [1.29, 1.82) is 0 Å². The first-order valence-electron chi connectivity index (χ1n) is 9.93. The molecule has 140 valence electrons. The van der Waals surface area contributed by atoms with Gasteiger partial charge in [0, 0.05) is 30.4 Å². The number of amides is 1. The standard InChI is InChI=1S/C23H27N3O/c1-18-24-14-15-25(18)22-13-12-19(16-22)17-23(27)26(20-8-4-2-5-9-20)21-10-6-3-7-11-21/h2-11,19,22H,12-17H2,1H3/t19-,22+/m0/s1. The number of aliphatic imine (C=N–C) groups is 1. The lowest BCUT2D eigenvalue weighted by atomic mass is 10.0. The van der Waals surface area contributed by atoms with Crippen LogP contribution >= 0.6 is 0 Å². The van der Waals surface area contributed by atoms with E-state index in [9.17, 15) is 4.79 Å². The van der Waals surface area contributed by atoms with Crippen LogP contribution < -0.4 is 4.90 Å². The molecule has 1 heterocycles. The van der Waals surface area contributed by atoms with E-state index < -0.39 is 0 Å². The summed E-state index contributed by atoms with van der Waals surface area (Å²) in [6.45, 7) is 4.07. The van der Waals surface area contributed by atoms with Gasteiger partial charge in [-0.3, -0.25) is 14.7 Å². The highest BCUT2D eigenvalue weighted by Crippen LogP contribution is 2.35. The molecule has 1 aliphatic heterocycles. The number of nitrogens with zero attached hydrogens (tertiary/aromatic N) is 3. The van der Waals surface area contributed by atoms with Crippen molar-refractivity contribution in [3.8, 4) is 0 Å². The van der Waals surface area contributed by atoms with Crippen molar-refractivity contribution in [2.24, 2.45) is 10.9 Å².